The zero-order valence-electron chi connectivity index (χ0n) is 8.04. The van der Waals surface area contributed by atoms with Gasteiger partial charge in [0.1, 0.15) is 0 Å². The van der Waals surface area contributed by atoms with Gasteiger partial charge in [-0.1, -0.05) is 13.8 Å². The minimum Gasteiger partial charge on any atom is -0.389 e. The van der Waals surface area contributed by atoms with E-state index in [9.17, 15) is 5.11 Å². The summed E-state index contributed by atoms with van der Waals surface area (Å²) in [6.07, 6.45) is 2.21. The molecule has 4 atom stereocenters. The highest BCUT2D eigenvalue weighted by atomic mass is 32.1. The summed E-state index contributed by atoms with van der Waals surface area (Å²) in [5, 5.41) is 10.2. The molecule has 3 aliphatic carbocycles. The first-order valence-corrected chi connectivity index (χ1v) is 5.28. The Hall–Kier alpha value is 0.310. The lowest BCUT2D eigenvalue weighted by Crippen LogP contribution is -2.63. The normalized spacial score (nSPS) is 56.2. The molecule has 2 heteroatoms. The number of aliphatic hydroxyl groups is 1. The van der Waals surface area contributed by atoms with E-state index in [1.165, 1.54) is 6.42 Å². The molecule has 3 rings (SSSR count). The first kappa shape index (κ1) is 8.89. The summed E-state index contributed by atoms with van der Waals surface area (Å²) in [4.78, 5) is 0. The Balaban J connectivity index is 2.23. The monoisotopic (exact) mass is 186 g/mol. The molecule has 0 spiro atoms. The lowest BCUT2D eigenvalue weighted by atomic mass is 9.46. The SMILES string of the molecule is CC1(C)[C@@H]2C[C@H]1[C@H](S)[C@@](C)(O)C2. The van der Waals surface area contributed by atoms with Crippen molar-refractivity contribution in [3.63, 3.8) is 0 Å². The van der Waals surface area contributed by atoms with Crippen LogP contribution in [-0.4, -0.2) is 16.0 Å². The fraction of sp³-hybridized carbons (Fsp3) is 1.00. The lowest BCUT2D eigenvalue weighted by molar-refractivity contribution is -0.150. The van der Waals surface area contributed by atoms with Gasteiger partial charge in [-0.15, -0.1) is 0 Å². The van der Waals surface area contributed by atoms with Crippen LogP contribution in [-0.2, 0) is 0 Å². The van der Waals surface area contributed by atoms with Gasteiger partial charge in [-0.25, -0.2) is 0 Å². The van der Waals surface area contributed by atoms with Crippen LogP contribution in [0.3, 0.4) is 0 Å². The number of hydrogen-bond donors (Lipinski definition) is 2. The average molecular weight is 186 g/mol. The minimum atomic E-state index is -0.522. The third-order valence-electron chi connectivity index (χ3n) is 4.22. The number of thiol groups is 1. The van der Waals surface area contributed by atoms with Crippen molar-refractivity contribution in [2.75, 3.05) is 0 Å². The van der Waals surface area contributed by atoms with Gasteiger partial charge >= 0.3 is 0 Å². The molecule has 0 unspecified atom stereocenters. The Kier molecular flexibility index (Phi) is 1.64. The van der Waals surface area contributed by atoms with Crippen molar-refractivity contribution in [3.05, 3.63) is 0 Å². The summed E-state index contributed by atoms with van der Waals surface area (Å²) >= 11 is 4.54. The molecule has 0 aromatic heterocycles. The van der Waals surface area contributed by atoms with Crippen molar-refractivity contribution < 1.29 is 5.11 Å². The molecular weight excluding hydrogens is 168 g/mol. The number of rotatable bonds is 0. The van der Waals surface area contributed by atoms with Crippen LogP contribution in [0.1, 0.15) is 33.6 Å². The van der Waals surface area contributed by atoms with Gasteiger partial charge in [0.15, 0.2) is 0 Å². The summed E-state index contributed by atoms with van der Waals surface area (Å²) in [6, 6.07) is 0. The molecule has 3 fully saturated rings. The van der Waals surface area contributed by atoms with Crippen LogP contribution in [0.25, 0.3) is 0 Å². The van der Waals surface area contributed by atoms with Crippen LogP contribution in [0.2, 0.25) is 0 Å². The Bertz CT molecular complexity index is 202. The quantitative estimate of drug-likeness (QED) is 0.555. The molecule has 2 bridgehead atoms. The van der Waals surface area contributed by atoms with E-state index in [0.29, 0.717) is 11.3 Å². The van der Waals surface area contributed by atoms with Gasteiger partial charge in [-0.05, 0) is 37.0 Å². The van der Waals surface area contributed by atoms with Gasteiger partial charge < -0.3 is 5.11 Å². The van der Waals surface area contributed by atoms with Crippen molar-refractivity contribution >= 4 is 12.6 Å². The Morgan fingerprint density at radius 2 is 1.92 bits per heavy atom. The number of fused-ring (bicyclic) bond motifs is 2. The van der Waals surface area contributed by atoms with Crippen molar-refractivity contribution in [3.8, 4) is 0 Å². The molecule has 3 aliphatic rings. The van der Waals surface area contributed by atoms with E-state index >= 15 is 0 Å². The van der Waals surface area contributed by atoms with Crippen LogP contribution in [0.4, 0.5) is 0 Å². The molecule has 12 heavy (non-hydrogen) atoms. The highest BCUT2D eigenvalue weighted by molar-refractivity contribution is 7.81. The maximum absolute atomic E-state index is 10.00. The van der Waals surface area contributed by atoms with Crippen molar-refractivity contribution in [1.82, 2.24) is 0 Å². The molecule has 70 valence electrons. The second kappa shape index (κ2) is 2.21. The van der Waals surface area contributed by atoms with E-state index in [-0.39, 0.29) is 5.25 Å². The van der Waals surface area contributed by atoms with Crippen molar-refractivity contribution in [2.45, 2.75) is 44.5 Å². The molecule has 0 amide bonds. The predicted octanol–water partition coefficient (Wildman–Crippen LogP) is 2.10. The molecule has 0 radical (unpaired) electrons. The molecule has 0 heterocycles. The maximum Gasteiger partial charge on any atom is 0.0741 e. The second-order valence-electron chi connectivity index (χ2n) is 5.37. The molecule has 0 aromatic rings. The van der Waals surface area contributed by atoms with Crippen molar-refractivity contribution in [2.24, 2.45) is 17.3 Å². The molecule has 0 aliphatic heterocycles. The van der Waals surface area contributed by atoms with Crippen LogP contribution in [0.15, 0.2) is 0 Å². The van der Waals surface area contributed by atoms with E-state index in [0.717, 1.165) is 12.3 Å². The Morgan fingerprint density at radius 1 is 1.33 bits per heavy atom. The molecule has 0 saturated heterocycles. The third kappa shape index (κ3) is 0.912. The summed E-state index contributed by atoms with van der Waals surface area (Å²) in [5.74, 6) is 1.34. The van der Waals surface area contributed by atoms with Gasteiger partial charge in [-0.3, -0.25) is 0 Å². The first-order chi connectivity index (χ1) is 5.36. The van der Waals surface area contributed by atoms with Crippen molar-refractivity contribution in [1.29, 1.82) is 0 Å². The van der Waals surface area contributed by atoms with E-state index < -0.39 is 5.60 Å². The lowest BCUT2D eigenvalue weighted by Gasteiger charge is -2.63. The van der Waals surface area contributed by atoms with Crippen LogP contribution in [0.5, 0.6) is 0 Å². The maximum atomic E-state index is 10.00. The van der Waals surface area contributed by atoms with Gasteiger partial charge in [0.2, 0.25) is 0 Å². The van der Waals surface area contributed by atoms with E-state index in [1.807, 2.05) is 6.92 Å². The van der Waals surface area contributed by atoms with Gasteiger partial charge in [0.05, 0.1) is 5.60 Å². The minimum absolute atomic E-state index is 0.178. The third-order valence-corrected chi connectivity index (χ3v) is 5.14. The highest BCUT2D eigenvalue weighted by Gasteiger charge is 2.60. The van der Waals surface area contributed by atoms with Gasteiger partial charge in [-0.2, -0.15) is 12.6 Å². The largest absolute Gasteiger partial charge is 0.389 e. The predicted molar refractivity (Wildman–Crippen MR) is 53.4 cm³/mol. The zero-order chi connectivity index (χ0) is 9.15. The molecule has 3 saturated carbocycles. The van der Waals surface area contributed by atoms with Crippen LogP contribution in [0, 0.1) is 17.3 Å². The summed E-state index contributed by atoms with van der Waals surface area (Å²) < 4.78 is 0. The summed E-state index contributed by atoms with van der Waals surface area (Å²) in [6.45, 7) is 6.55. The van der Waals surface area contributed by atoms with E-state index in [1.54, 1.807) is 0 Å². The molecule has 1 N–H and O–H groups in total. The molecular formula is C10H18OS. The van der Waals surface area contributed by atoms with E-state index in [2.05, 4.69) is 26.5 Å². The zero-order valence-corrected chi connectivity index (χ0v) is 8.94. The van der Waals surface area contributed by atoms with Gasteiger partial charge in [0.25, 0.3) is 0 Å². The topological polar surface area (TPSA) is 20.2 Å². The molecule has 1 nitrogen and oxygen atoms in total. The number of hydrogen-bond acceptors (Lipinski definition) is 2. The fourth-order valence-corrected chi connectivity index (χ4v) is 3.60. The van der Waals surface area contributed by atoms with E-state index in [4.69, 9.17) is 0 Å². The fourth-order valence-electron chi connectivity index (χ4n) is 2.99. The molecule has 0 aromatic carbocycles. The highest BCUT2D eigenvalue weighted by Crippen LogP contribution is 2.62. The first-order valence-electron chi connectivity index (χ1n) is 4.76. The Labute approximate surface area is 80.0 Å². The van der Waals surface area contributed by atoms with Crippen LogP contribution >= 0.6 is 12.6 Å². The Morgan fingerprint density at radius 3 is 2.25 bits per heavy atom. The standard InChI is InChI=1S/C10H18OS/c1-9(2)6-4-7(9)8(12)10(3,11)5-6/h6-8,11-12H,4-5H2,1-3H3/t6-,7+,8+,10+/m1/s1. The second-order valence-corrected chi connectivity index (χ2v) is 5.92. The van der Waals surface area contributed by atoms with Gasteiger partial charge in [0, 0.05) is 5.25 Å². The van der Waals surface area contributed by atoms with Crippen LogP contribution < -0.4 is 0 Å². The average Bonchev–Trinajstić information content (AvgIpc) is 1.93. The summed E-state index contributed by atoms with van der Waals surface area (Å²) in [7, 11) is 0. The smallest absolute Gasteiger partial charge is 0.0741 e. The summed E-state index contributed by atoms with van der Waals surface area (Å²) in [5.41, 5.74) is -0.0964.